The first-order valence-electron chi connectivity index (χ1n) is 4.81. The Morgan fingerprint density at radius 1 is 1.57 bits per heavy atom. The minimum absolute atomic E-state index is 0.622. The number of nitrogens with one attached hydrogen (secondary N) is 1. The zero-order valence-electron chi connectivity index (χ0n) is 9.00. The van der Waals surface area contributed by atoms with Gasteiger partial charge in [-0.05, 0) is 27.2 Å². The molecular weight excluding hydrogens is 196 g/mol. The van der Waals surface area contributed by atoms with E-state index in [1.807, 2.05) is 12.4 Å². The van der Waals surface area contributed by atoms with Crippen molar-refractivity contribution in [3.8, 4) is 0 Å². The molecule has 0 unspecified atom stereocenters. The van der Waals surface area contributed by atoms with Gasteiger partial charge < -0.3 is 10.4 Å². The van der Waals surface area contributed by atoms with Gasteiger partial charge in [0.1, 0.15) is 0 Å². The number of thiazole rings is 1. The summed E-state index contributed by atoms with van der Waals surface area (Å²) < 4.78 is 0. The van der Waals surface area contributed by atoms with Crippen LogP contribution in [0.15, 0.2) is 5.51 Å². The lowest BCUT2D eigenvalue weighted by molar-refractivity contribution is 0.0801. The van der Waals surface area contributed by atoms with Crippen LogP contribution in [0.4, 0.5) is 0 Å². The van der Waals surface area contributed by atoms with Crippen LogP contribution in [0.5, 0.6) is 0 Å². The van der Waals surface area contributed by atoms with Crippen LogP contribution in [0.25, 0.3) is 0 Å². The number of hydrogen-bond donors (Lipinski definition) is 2. The van der Waals surface area contributed by atoms with Gasteiger partial charge >= 0.3 is 0 Å². The molecule has 2 N–H and O–H groups in total. The standard InChI is InChI=1S/C10H18N2OS/c1-8-9(14-7-12-8)4-5-11-6-10(2,3)13/h7,11,13H,4-6H2,1-3H3. The maximum Gasteiger partial charge on any atom is 0.0797 e. The van der Waals surface area contributed by atoms with Crippen LogP contribution in [-0.4, -0.2) is 28.8 Å². The summed E-state index contributed by atoms with van der Waals surface area (Å²) in [6, 6.07) is 0. The molecule has 1 heterocycles. The summed E-state index contributed by atoms with van der Waals surface area (Å²) in [6.45, 7) is 7.16. The van der Waals surface area contributed by atoms with E-state index in [4.69, 9.17) is 0 Å². The van der Waals surface area contributed by atoms with E-state index in [1.165, 1.54) is 4.88 Å². The minimum Gasteiger partial charge on any atom is -0.389 e. The van der Waals surface area contributed by atoms with E-state index in [0.717, 1.165) is 18.7 Å². The normalized spacial score (nSPS) is 12.0. The fourth-order valence-electron chi connectivity index (χ4n) is 1.16. The number of aromatic nitrogens is 1. The summed E-state index contributed by atoms with van der Waals surface area (Å²) in [4.78, 5) is 5.51. The molecule has 1 rings (SSSR count). The zero-order valence-corrected chi connectivity index (χ0v) is 9.82. The molecule has 0 atom stereocenters. The monoisotopic (exact) mass is 214 g/mol. The van der Waals surface area contributed by atoms with Gasteiger partial charge in [-0.25, -0.2) is 4.98 Å². The van der Waals surface area contributed by atoms with E-state index < -0.39 is 5.60 Å². The lowest BCUT2D eigenvalue weighted by Crippen LogP contribution is -2.35. The Morgan fingerprint density at radius 3 is 2.79 bits per heavy atom. The molecule has 0 bridgehead atoms. The molecule has 0 aliphatic carbocycles. The number of aryl methyl sites for hydroxylation is 1. The lowest BCUT2D eigenvalue weighted by atomic mass is 10.1. The second-order valence-electron chi connectivity index (χ2n) is 4.10. The summed E-state index contributed by atoms with van der Waals surface area (Å²) in [7, 11) is 0. The van der Waals surface area contributed by atoms with Crippen molar-refractivity contribution in [3.63, 3.8) is 0 Å². The van der Waals surface area contributed by atoms with Gasteiger partial charge in [-0.2, -0.15) is 0 Å². The molecule has 1 aromatic heterocycles. The second kappa shape index (κ2) is 4.87. The predicted octanol–water partition coefficient (Wildman–Crippen LogP) is 1.35. The molecule has 0 aromatic carbocycles. The van der Waals surface area contributed by atoms with Crippen molar-refractivity contribution >= 4 is 11.3 Å². The molecule has 80 valence electrons. The van der Waals surface area contributed by atoms with Gasteiger partial charge in [-0.15, -0.1) is 11.3 Å². The zero-order chi connectivity index (χ0) is 10.6. The Labute approximate surface area is 89.2 Å². The maximum atomic E-state index is 9.46. The van der Waals surface area contributed by atoms with Crippen molar-refractivity contribution in [3.05, 3.63) is 16.1 Å². The van der Waals surface area contributed by atoms with E-state index >= 15 is 0 Å². The summed E-state index contributed by atoms with van der Waals surface area (Å²) in [6.07, 6.45) is 0.993. The van der Waals surface area contributed by atoms with Gasteiger partial charge in [0.25, 0.3) is 0 Å². The summed E-state index contributed by atoms with van der Waals surface area (Å²) >= 11 is 1.69. The molecule has 4 heteroatoms. The van der Waals surface area contributed by atoms with Gasteiger partial charge in [0.15, 0.2) is 0 Å². The van der Waals surface area contributed by atoms with Crippen LogP contribution in [0.1, 0.15) is 24.4 Å². The average molecular weight is 214 g/mol. The first-order valence-corrected chi connectivity index (χ1v) is 5.69. The summed E-state index contributed by atoms with van der Waals surface area (Å²) in [5.41, 5.74) is 2.38. The highest BCUT2D eigenvalue weighted by molar-refractivity contribution is 7.09. The third-order valence-corrected chi connectivity index (χ3v) is 2.93. The molecule has 0 amide bonds. The molecule has 0 spiro atoms. The predicted molar refractivity (Wildman–Crippen MR) is 59.7 cm³/mol. The third-order valence-electron chi connectivity index (χ3n) is 1.93. The quantitative estimate of drug-likeness (QED) is 0.727. The molecule has 1 aromatic rings. The third kappa shape index (κ3) is 4.17. The highest BCUT2D eigenvalue weighted by Crippen LogP contribution is 2.11. The van der Waals surface area contributed by atoms with Crippen molar-refractivity contribution < 1.29 is 5.11 Å². The molecule has 14 heavy (non-hydrogen) atoms. The van der Waals surface area contributed by atoms with Crippen LogP contribution < -0.4 is 5.32 Å². The number of rotatable bonds is 5. The summed E-state index contributed by atoms with van der Waals surface area (Å²) in [5.74, 6) is 0. The first-order chi connectivity index (χ1) is 6.49. The molecule has 0 saturated heterocycles. The number of aliphatic hydroxyl groups is 1. The van der Waals surface area contributed by atoms with Crippen molar-refractivity contribution in [2.45, 2.75) is 32.8 Å². The Hall–Kier alpha value is -0.450. The fourth-order valence-corrected chi connectivity index (χ4v) is 1.94. The van der Waals surface area contributed by atoms with Crippen LogP contribution in [0.3, 0.4) is 0 Å². The first kappa shape index (κ1) is 11.6. The SMILES string of the molecule is Cc1ncsc1CCNCC(C)(C)O. The second-order valence-corrected chi connectivity index (χ2v) is 5.04. The number of nitrogens with zero attached hydrogens (tertiary/aromatic N) is 1. The topological polar surface area (TPSA) is 45.2 Å². The van der Waals surface area contributed by atoms with Crippen molar-refractivity contribution in [1.29, 1.82) is 0 Å². The highest BCUT2D eigenvalue weighted by Gasteiger charge is 2.10. The molecule has 0 aliphatic rings. The Morgan fingerprint density at radius 2 is 2.29 bits per heavy atom. The van der Waals surface area contributed by atoms with E-state index in [0.29, 0.717) is 6.54 Å². The number of hydrogen-bond acceptors (Lipinski definition) is 4. The molecular formula is C10H18N2OS. The smallest absolute Gasteiger partial charge is 0.0797 e. The van der Waals surface area contributed by atoms with E-state index in [2.05, 4.69) is 10.3 Å². The maximum absolute atomic E-state index is 9.46. The van der Waals surface area contributed by atoms with Gasteiger partial charge in [-0.3, -0.25) is 0 Å². The van der Waals surface area contributed by atoms with Crippen LogP contribution in [-0.2, 0) is 6.42 Å². The van der Waals surface area contributed by atoms with Gasteiger partial charge in [0, 0.05) is 18.0 Å². The highest BCUT2D eigenvalue weighted by atomic mass is 32.1. The Balaban J connectivity index is 2.20. The van der Waals surface area contributed by atoms with E-state index in [-0.39, 0.29) is 0 Å². The Bertz CT molecular complexity index is 278. The molecule has 0 radical (unpaired) electrons. The van der Waals surface area contributed by atoms with Gasteiger partial charge in [0.2, 0.25) is 0 Å². The van der Waals surface area contributed by atoms with Gasteiger partial charge in [0.05, 0.1) is 16.8 Å². The van der Waals surface area contributed by atoms with E-state index in [9.17, 15) is 5.11 Å². The van der Waals surface area contributed by atoms with Crippen molar-refractivity contribution in [1.82, 2.24) is 10.3 Å². The van der Waals surface area contributed by atoms with E-state index in [1.54, 1.807) is 25.2 Å². The molecule has 0 fully saturated rings. The van der Waals surface area contributed by atoms with Crippen molar-refractivity contribution in [2.24, 2.45) is 0 Å². The van der Waals surface area contributed by atoms with Crippen molar-refractivity contribution in [2.75, 3.05) is 13.1 Å². The fraction of sp³-hybridized carbons (Fsp3) is 0.700. The van der Waals surface area contributed by atoms with Crippen LogP contribution in [0, 0.1) is 6.92 Å². The minimum atomic E-state index is -0.622. The summed E-state index contributed by atoms with van der Waals surface area (Å²) in [5, 5.41) is 12.7. The molecule has 3 nitrogen and oxygen atoms in total. The Kier molecular flexibility index (Phi) is 4.04. The average Bonchev–Trinajstić information content (AvgIpc) is 2.44. The molecule has 0 saturated carbocycles. The lowest BCUT2D eigenvalue weighted by Gasteiger charge is -2.17. The molecule has 0 aliphatic heterocycles. The van der Waals surface area contributed by atoms with Crippen LogP contribution in [0.2, 0.25) is 0 Å². The van der Waals surface area contributed by atoms with Crippen LogP contribution >= 0.6 is 11.3 Å². The van der Waals surface area contributed by atoms with Gasteiger partial charge in [-0.1, -0.05) is 0 Å². The largest absolute Gasteiger partial charge is 0.389 e.